The van der Waals surface area contributed by atoms with Gasteiger partial charge in [0.05, 0.1) is 0 Å². The van der Waals surface area contributed by atoms with Gasteiger partial charge in [0.1, 0.15) is 6.54 Å². The molecule has 1 aromatic rings. The summed E-state index contributed by atoms with van der Waals surface area (Å²) >= 11 is 2.13. The zero-order chi connectivity index (χ0) is 12.1. The Morgan fingerprint density at radius 3 is 2.75 bits per heavy atom. The van der Waals surface area contributed by atoms with Gasteiger partial charge in [-0.25, -0.2) is 4.79 Å². The predicted molar refractivity (Wildman–Crippen MR) is 68.4 cm³/mol. The van der Waals surface area contributed by atoms with Crippen molar-refractivity contribution in [1.82, 2.24) is 4.90 Å². The normalized spacial score (nSPS) is 9.62. The number of nitrogens with one attached hydrogen (secondary N) is 1. The number of likely N-dealkylation sites (N-methyl/N-ethyl adjacent to an activating group) is 1. The van der Waals surface area contributed by atoms with Gasteiger partial charge >= 0.3 is 12.0 Å². The minimum absolute atomic E-state index is 0.324. The molecule has 16 heavy (non-hydrogen) atoms. The van der Waals surface area contributed by atoms with Crippen molar-refractivity contribution < 1.29 is 14.7 Å². The first kappa shape index (κ1) is 12.8. The maximum atomic E-state index is 11.5. The number of carboxylic acid groups (broad SMARTS) is 1. The molecule has 0 bridgehead atoms. The molecule has 0 aliphatic carbocycles. The number of amides is 2. The predicted octanol–water partition coefficient (Wildman–Crippen LogP) is 1.84. The van der Waals surface area contributed by atoms with E-state index in [-0.39, 0.29) is 6.54 Å². The topological polar surface area (TPSA) is 69.6 Å². The van der Waals surface area contributed by atoms with Gasteiger partial charge in [0.2, 0.25) is 0 Å². The Morgan fingerprint density at radius 1 is 1.50 bits per heavy atom. The van der Waals surface area contributed by atoms with E-state index in [0.717, 1.165) is 8.47 Å². The summed E-state index contributed by atoms with van der Waals surface area (Å²) in [6.45, 7) is -0.324. The third-order valence-corrected chi connectivity index (χ3v) is 2.47. The lowest BCUT2D eigenvalue weighted by atomic mass is 10.3. The van der Waals surface area contributed by atoms with Gasteiger partial charge in [-0.2, -0.15) is 0 Å². The molecule has 0 atom stereocenters. The number of nitrogens with zero attached hydrogens (tertiary/aromatic N) is 1. The van der Waals surface area contributed by atoms with E-state index >= 15 is 0 Å². The minimum Gasteiger partial charge on any atom is -0.480 e. The molecule has 2 N–H and O–H groups in total. The number of halogens is 1. The molecule has 0 saturated heterocycles. The summed E-state index contributed by atoms with van der Waals surface area (Å²) < 4.78 is 0.997. The van der Waals surface area contributed by atoms with E-state index in [0.29, 0.717) is 5.69 Å². The number of benzene rings is 1. The van der Waals surface area contributed by atoms with Crippen LogP contribution < -0.4 is 5.32 Å². The van der Waals surface area contributed by atoms with E-state index in [9.17, 15) is 9.59 Å². The molecule has 1 aromatic carbocycles. The van der Waals surface area contributed by atoms with E-state index in [1.165, 1.54) is 7.05 Å². The molecule has 0 radical (unpaired) electrons. The fourth-order valence-electron chi connectivity index (χ4n) is 1.06. The molecule has 0 spiro atoms. The van der Waals surface area contributed by atoms with Gasteiger partial charge in [-0.05, 0) is 40.8 Å². The van der Waals surface area contributed by atoms with Crippen LogP contribution >= 0.6 is 22.6 Å². The smallest absolute Gasteiger partial charge is 0.323 e. The summed E-state index contributed by atoms with van der Waals surface area (Å²) in [6, 6.07) is 6.82. The van der Waals surface area contributed by atoms with Gasteiger partial charge in [-0.15, -0.1) is 0 Å². The van der Waals surface area contributed by atoms with Gasteiger partial charge in [0.15, 0.2) is 0 Å². The SMILES string of the molecule is CN(CC(=O)O)C(=O)Nc1cccc(I)c1. The van der Waals surface area contributed by atoms with Gasteiger partial charge < -0.3 is 15.3 Å². The Balaban J connectivity index is 2.60. The monoisotopic (exact) mass is 334 g/mol. The highest BCUT2D eigenvalue weighted by Gasteiger charge is 2.11. The highest BCUT2D eigenvalue weighted by molar-refractivity contribution is 14.1. The highest BCUT2D eigenvalue weighted by atomic mass is 127. The zero-order valence-corrected chi connectivity index (χ0v) is 10.8. The van der Waals surface area contributed by atoms with Gasteiger partial charge in [0, 0.05) is 16.3 Å². The average molecular weight is 334 g/mol. The van der Waals surface area contributed by atoms with Crippen molar-refractivity contribution in [2.45, 2.75) is 0 Å². The van der Waals surface area contributed by atoms with E-state index in [2.05, 4.69) is 27.9 Å². The second-order valence-electron chi connectivity index (χ2n) is 3.19. The molecule has 0 heterocycles. The molecular weight excluding hydrogens is 323 g/mol. The summed E-state index contributed by atoms with van der Waals surface area (Å²) in [5.41, 5.74) is 0.647. The molecule has 0 aromatic heterocycles. The molecule has 2 amide bonds. The number of carbonyl (C=O) groups is 2. The maximum Gasteiger partial charge on any atom is 0.323 e. The van der Waals surface area contributed by atoms with Crippen LogP contribution in [0.1, 0.15) is 0 Å². The zero-order valence-electron chi connectivity index (χ0n) is 8.61. The van der Waals surface area contributed by atoms with E-state index in [1.807, 2.05) is 12.1 Å². The molecule has 0 unspecified atom stereocenters. The van der Waals surface area contributed by atoms with Crippen LogP contribution in [0.15, 0.2) is 24.3 Å². The third kappa shape index (κ3) is 4.05. The maximum absolute atomic E-state index is 11.5. The summed E-state index contributed by atoms with van der Waals surface area (Å²) in [5, 5.41) is 11.1. The van der Waals surface area contributed by atoms with Crippen LogP contribution in [0.3, 0.4) is 0 Å². The number of hydrogen-bond donors (Lipinski definition) is 2. The molecular formula is C10H11IN2O3. The van der Waals surface area contributed by atoms with Crippen LogP contribution in [0.5, 0.6) is 0 Å². The van der Waals surface area contributed by atoms with Crippen molar-refractivity contribution >= 4 is 40.3 Å². The Hall–Kier alpha value is -1.31. The standard InChI is InChI=1S/C10H11IN2O3/c1-13(6-9(14)15)10(16)12-8-4-2-3-7(11)5-8/h2-5H,6H2,1H3,(H,12,16)(H,14,15). The van der Waals surface area contributed by atoms with Crippen LogP contribution in [-0.4, -0.2) is 35.6 Å². The molecule has 0 aliphatic rings. The molecule has 1 rings (SSSR count). The van der Waals surface area contributed by atoms with Gasteiger partial charge in [-0.3, -0.25) is 4.79 Å². The molecule has 0 fully saturated rings. The second-order valence-corrected chi connectivity index (χ2v) is 4.44. The van der Waals surface area contributed by atoms with E-state index in [4.69, 9.17) is 5.11 Å². The Morgan fingerprint density at radius 2 is 2.19 bits per heavy atom. The Kier molecular flexibility index (Phi) is 4.53. The van der Waals surface area contributed by atoms with Crippen molar-refractivity contribution in [3.8, 4) is 0 Å². The Labute approximate surface area is 107 Å². The first-order valence-electron chi connectivity index (χ1n) is 4.48. The lowest BCUT2D eigenvalue weighted by Gasteiger charge is -2.15. The molecule has 86 valence electrons. The fraction of sp³-hybridized carbons (Fsp3) is 0.200. The van der Waals surface area contributed by atoms with Crippen molar-refractivity contribution in [2.75, 3.05) is 18.9 Å². The molecule has 6 heteroatoms. The number of carboxylic acids is 1. The number of carbonyl (C=O) groups excluding carboxylic acids is 1. The van der Waals surface area contributed by atoms with Crippen molar-refractivity contribution in [3.05, 3.63) is 27.8 Å². The summed E-state index contributed by atoms with van der Waals surface area (Å²) in [5.74, 6) is -1.04. The van der Waals surface area contributed by atoms with Crippen LogP contribution in [0.2, 0.25) is 0 Å². The molecule has 0 aliphatic heterocycles. The minimum atomic E-state index is -1.04. The van der Waals surface area contributed by atoms with Crippen LogP contribution in [-0.2, 0) is 4.79 Å². The van der Waals surface area contributed by atoms with Crippen LogP contribution in [0.25, 0.3) is 0 Å². The summed E-state index contributed by atoms with van der Waals surface area (Å²) in [4.78, 5) is 23.0. The third-order valence-electron chi connectivity index (χ3n) is 1.80. The number of rotatable bonds is 3. The van der Waals surface area contributed by atoms with Crippen molar-refractivity contribution in [2.24, 2.45) is 0 Å². The quantitative estimate of drug-likeness (QED) is 0.829. The van der Waals surface area contributed by atoms with E-state index < -0.39 is 12.0 Å². The number of aliphatic carboxylic acids is 1. The van der Waals surface area contributed by atoms with E-state index in [1.54, 1.807) is 12.1 Å². The van der Waals surface area contributed by atoms with Crippen molar-refractivity contribution in [1.29, 1.82) is 0 Å². The average Bonchev–Trinajstić information content (AvgIpc) is 2.16. The number of hydrogen-bond acceptors (Lipinski definition) is 2. The fourth-order valence-corrected chi connectivity index (χ4v) is 1.60. The second kappa shape index (κ2) is 5.69. The largest absolute Gasteiger partial charge is 0.480 e. The summed E-state index contributed by atoms with van der Waals surface area (Å²) in [6.07, 6.45) is 0. The summed E-state index contributed by atoms with van der Waals surface area (Å²) in [7, 11) is 1.43. The van der Waals surface area contributed by atoms with Gasteiger partial charge in [0.25, 0.3) is 0 Å². The first-order valence-corrected chi connectivity index (χ1v) is 5.56. The molecule has 0 saturated carbocycles. The van der Waals surface area contributed by atoms with Crippen LogP contribution in [0.4, 0.5) is 10.5 Å². The van der Waals surface area contributed by atoms with Crippen LogP contribution in [0, 0.1) is 3.57 Å². The number of anilines is 1. The number of urea groups is 1. The highest BCUT2D eigenvalue weighted by Crippen LogP contribution is 2.12. The lowest BCUT2D eigenvalue weighted by molar-refractivity contribution is -0.137. The van der Waals surface area contributed by atoms with Gasteiger partial charge in [-0.1, -0.05) is 6.07 Å². The van der Waals surface area contributed by atoms with Crippen molar-refractivity contribution in [3.63, 3.8) is 0 Å². The molecule has 5 nitrogen and oxygen atoms in total. The lowest BCUT2D eigenvalue weighted by Crippen LogP contribution is -2.35. The Bertz CT molecular complexity index is 409. The first-order chi connectivity index (χ1) is 7.49.